The number of carbonyl (C=O) groups excluding carboxylic acids is 1. The van der Waals surface area contributed by atoms with Crippen LogP contribution in [0.5, 0.6) is 0 Å². The minimum absolute atomic E-state index is 0.0350. The summed E-state index contributed by atoms with van der Waals surface area (Å²) in [5.74, 6) is 0.0350. The zero-order valence-corrected chi connectivity index (χ0v) is 11.9. The molecule has 2 saturated heterocycles. The van der Waals surface area contributed by atoms with Gasteiger partial charge in [0.15, 0.2) is 0 Å². The maximum Gasteiger partial charge on any atom is 0.284 e. The van der Waals surface area contributed by atoms with Gasteiger partial charge < -0.3 is 10.2 Å². The lowest BCUT2D eigenvalue weighted by atomic mass is 10.2. The van der Waals surface area contributed by atoms with Gasteiger partial charge in [-0.05, 0) is 25.8 Å². The van der Waals surface area contributed by atoms with Crippen molar-refractivity contribution in [1.82, 2.24) is 20.0 Å². The van der Waals surface area contributed by atoms with Gasteiger partial charge in [0.1, 0.15) is 0 Å². The van der Waals surface area contributed by atoms with Crippen molar-refractivity contribution in [2.24, 2.45) is 0 Å². The van der Waals surface area contributed by atoms with E-state index in [4.69, 9.17) is 0 Å². The molecule has 0 saturated carbocycles. The van der Waals surface area contributed by atoms with Crippen LogP contribution < -0.4 is 5.32 Å². The third kappa shape index (κ3) is 2.57. The molecule has 0 radical (unpaired) electrons. The Kier molecular flexibility index (Phi) is 3.65. The van der Waals surface area contributed by atoms with Gasteiger partial charge in [-0.3, -0.25) is 9.69 Å². The summed E-state index contributed by atoms with van der Waals surface area (Å²) >= 11 is 1.33. The summed E-state index contributed by atoms with van der Waals surface area (Å²) in [5.41, 5.74) is 0. The molecule has 2 aliphatic heterocycles. The minimum Gasteiger partial charge on any atom is -0.363 e. The fourth-order valence-electron chi connectivity index (χ4n) is 2.94. The highest BCUT2D eigenvalue weighted by Crippen LogP contribution is 2.23. The summed E-state index contributed by atoms with van der Waals surface area (Å²) in [5, 5.41) is 12.0. The minimum atomic E-state index is 0.0350. The first kappa shape index (κ1) is 12.8. The van der Waals surface area contributed by atoms with Crippen molar-refractivity contribution in [2.45, 2.75) is 25.3 Å². The van der Waals surface area contributed by atoms with Crippen LogP contribution in [0.2, 0.25) is 0 Å². The second-order valence-electron chi connectivity index (χ2n) is 5.10. The average Bonchev–Trinajstić information content (AvgIpc) is 3.03. The van der Waals surface area contributed by atoms with Crippen molar-refractivity contribution in [3.63, 3.8) is 0 Å². The van der Waals surface area contributed by atoms with E-state index in [-0.39, 0.29) is 5.91 Å². The fourth-order valence-corrected chi connectivity index (χ4v) is 3.60. The number of nitrogens with one attached hydrogen (secondary N) is 1. The van der Waals surface area contributed by atoms with E-state index in [9.17, 15) is 4.79 Å². The molecule has 19 heavy (non-hydrogen) atoms. The van der Waals surface area contributed by atoms with Crippen LogP contribution >= 0.6 is 11.3 Å². The Labute approximate surface area is 116 Å². The molecule has 0 spiro atoms. The largest absolute Gasteiger partial charge is 0.363 e. The summed E-state index contributed by atoms with van der Waals surface area (Å²) in [7, 11) is 1.79. The Hall–Kier alpha value is -1.21. The Morgan fingerprint density at radius 1 is 1.32 bits per heavy atom. The molecule has 1 aromatic heterocycles. The fraction of sp³-hybridized carbons (Fsp3) is 0.750. The molecule has 1 N–H and O–H groups in total. The van der Waals surface area contributed by atoms with Crippen molar-refractivity contribution in [2.75, 3.05) is 38.5 Å². The van der Waals surface area contributed by atoms with Gasteiger partial charge in [0.25, 0.3) is 5.91 Å². The highest BCUT2D eigenvalue weighted by Gasteiger charge is 2.31. The lowest BCUT2D eigenvalue weighted by molar-refractivity contribution is 0.0742. The van der Waals surface area contributed by atoms with Gasteiger partial charge in [-0.25, -0.2) is 0 Å². The number of amides is 1. The second kappa shape index (κ2) is 5.42. The smallest absolute Gasteiger partial charge is 0.284 e. The molecule has 1 aromatic rings. The van der Waals surface area contributed by atoms with Crippen LogP contribution in [0, 0.1) is 0 Å². The summed E-state index contributed by atoms with van der Waals surface area (Å²) in [4.78, 5) is 16.9. The van der Waals surface area contributed by atoms with Crippen molar-refractivity contribution < 1.29 is 4.79 Å². The highest BCUT2D eigenvalue weighted by atomic mass is 32.1. The number of fused-ring (bicyclic) bond motifs is 1. The Bertz CT molecular complexity index is 463. The normalized spacial score (nSPS) is 24.1. The number of rotatable bonds is 2. The summed E-state index contributed by atoms with van der Waals surface area (Å²) in [6.45, 7) is 3.98. The van der Waals surface area contributed by atoms with Gasteiger partial charge in [0.2, 0.25) is 10.1 Å². The van der Waals surface area contributed by atoms with Gasteiger partial charge in [-0.1, -0.05) is 11.3 Å². The molecule has 6 nitrogen and oxygen atoms in total. The van der Waals surface area contributed by atoms with E-state index in [1.54, 1.807) is 7.05 Å². The van der Waals surface area contributed by atoms with E-state index in [2.05, 4.69) is 20.4 Å². The van der Waals surface area contributed by atoms with Crippen molar-refractivity contribution in [3.05, 3.63) is 5.01 Å². The van der Waals surface area contributed by atoms with Crippen LogP contribution in [0.25, 0.3) is 0 Å². The predicted octanol–water partition coefficient (Wildman–Crippen LogP) is 0.890. The number of hydrogen-bond acceptors (Lipinski definition) is 6. The Balaban J connectivity index is 1.71. The molecule has 1 unspecified atom stereocenters. The van der Waals surface area contributed by atoms with Crippen LogP contribution in [0.3, 0.4) is 0 Å². The van der Waals surface area contributed by atoms with Gasteiger partial charge in [-0.15, -0.1) is 10.2 Å². The lowest BCUT2D eigenvalue weighted by Gasteiger charge is -2.24. The number of anilines is 1. The van der Waals surface area contributed by atoms with Gasteiger partial charge in [0, 0.05) is 32.7 Å². The van der Waals surface area contributed by atoms with Crippen LogP contribution in [-0.2, 0) is 0 Å². The van der Waals surface area contributed by atoms with E-state index < -0.39 is 0 Å². The van der Waals surface area contributed by atoms with Gasteiger partial charge in [-0.2, -0.15) is 0 Å². The molecule has 7 heteroatoms. The SMILES string of the molecule is CNc1nnc(C(=O)N2CCCN3CCCC3C2)s1. The maximum atomic E-state index is 12.5. The van der Waals surface area contributed by atoms with E-state index in [0.717, 1.165) is 26.1 Å². The standard InChI is InChI=1S/C12H19N5OS/c1-13-12-15-14-10(19-12)11(18)17-7-3-6-16-5-2-4-9(16)8-17/h9H,2-8H2,1H3,(H,13,15). The second-order valence-corrected chi connectivity index (χ2v) is 6.08. The summed E-state index contributed by atoms with van der Waals surface area (Å²) in [6, 6.07) is 0.545. The van der Waals surface area contributed by atoms with Crippen molar-refractivity contribution in [1.29, 1.82) is 0 Å². The van der Waals surface area contributed by atoms with E-state index in [1.807, 2.05) is 4.90 Å². The van der Waals surface area contributed by atoms with Gasteiger partial charge >= 0.3 is 0 Å². The molecule has 2 aliphatic rings. The molecule has 104 valence electrons. The van der Waals surface area contributed by atoms with Crippen LogP contribution in [0.15, 0.2) is 0 Å². The van der Waals surface area contributed by atoms with Crippen molar-refractivity contribution >= 4 is 22.4 Å². The molecule has 0 aliphatic carbocycles. The number of carbonyl (C=O) groups is 1. The molecule has 1 atom stereocenters. The molecule has 3 rings (SSSR count). The van der Waals surface area contributed by atoms with Crippen molar-refractivity contribution in [3.8, 4) is 0 Å². The number of hydrogen-bond donors (Lipinski definition) is 1. The van der Waals surface area contributed by atoms with E-state index in [1.165, 1.54) is 30.7 Å². The Morgan fingerprint density at radius 2 is 2.16 bits per heavy atom. The van der Waals surface area contributed by atoms with Crippen LogP contribution in [0.4, 0.5) is 5.13 Å². The monoisotopic (exact) mass is 281 g/mol. The maximum absolute atomic E-state index is 12.5. The number of nitrogens with zero attached hydrogens (tertiary/aromatic N) is 4. The van der Waals surface area contributed by atoms with Gasteiger partial charge in [0.05, 0.1) is 0 Å². The topological polar surface area (TPSA) is 61.4 Å². The molecule has 3 heterocycles. The molecule has 2 fully saturated rings. The molecule has 0 bridgehead atoms. The quantitative estimate of drug-likeness (QED) is 0.872. The third-order valence-corrected chi connectivity index (χ3v) is 4.84. The Morgan fingerprint density at radius 3 is 2.95 bits per heavy atom. The zero-order chi connectivity index (χ0) is 13.2. The predicted molar refractivity (Wildman–Crippen MR) is 74.6 cm³/mol. The summed E-state index contributed by atoms with van der Waals surface area (Å²) in [6.07, 6.45) is 3.52. The highest BCUT2D eigenvalue weighted by molar-refractivity contribution is 7.17. The zero-order valence-electron chi connectivity index (χ0n) is 11.1. The first-order valence-corrected chi connectivity index (χ1v) is 7.64. The van der Waals surface area contributed by atoms with E-state index in [0.29, 0.717) is 16.2 Å². The lowest BCUT2D eigenvalue weighted by Crippen LogP contribution is -2.39. The molecule has 0 aromatic carbocycles. The molecular formula is C12H19N5OS. The summed E-state index contributed by atoms with van der Waals surface area (Å²) < 4.78 is 0. The molecule has 1 amide bonds. The molecular weight excluding hydrogens is 262 g/mol. The van der Waals surface area contributed by atoms with Crippen LogP contribution in [-0.4, -0.2) is 65.2 Å². The first-order valence-electron chi connectivity index (χ1n) is 6.82. The third-order valence-electron chi connectivity index (χ3n) is 3.91. The first-order chi connectivity index (χ1) is 9.28. The average molecular weight is 281 g/mol. The van der Waals surface area contributed by atoms with E-state index >= 15 is 0 Å². The van der Waals surface area contributed by atoms with Crippen LogP contribution in [0.1, 0.15) is 29.1 Å². The number of aromatic nitrogens is 2.